The first-order valence-electron chi connectivity index (χ1n) is 7.13. The molecule has 0 saturated carbocycles. The van der Waals surface area contributed by atoms with Crippen LogP contribution in [-0.2, 0) is 10.0 Å². The molecule has 0 aromatic heterocycles. The zero-order valence-electron chi connectivity index (χ0n) is 12.4. The second-order valence-corrected chi connectivity index (χ2v) is 7.59. The van der Waals surface area contributed by atoms with Gasteiger partial charge in [-0.3, -0.25) is 0 Å². The summed E-state index contributed by atoms with van der Waals surface area (Å²) < 4.78 is 27.1. The van der Waals surface area contributed by atoms with Crippen LogP contribution in [0.1, 0.15) is 30.9 Å². The van der Waals surface area contributed by atoms with Gasteiger partial charge in [0.1, 0.15) is 11.0 Å². The van der Waals surface area contributed by atoms with E-state index in [-0.39, 0.29) is 22.4 Å². The predicted octanol–water partition coefficient (Wildman–Crippen LogP) is 1.61. The van der Waals surface area contributed by atoms with Crippen LogP contribution in [0.4, 0.5) is 0 Å². The molecule has 1 aliphatic rings. The van der Waals surface area contributed by atoms with Crippen molar-refractivity contribution >= 4 is 10.0 Å². The van der Waals surface area contributed by atoms with E-state index in [0.717, 1.165) is 12.8 Å². The van der Waals surface area contributed by atoms with Gasteiger partial charge in [0.25, 0.3) is 0 Å². The Balaban J connectivity index is 2.39. The van der Waals surface area contributed by atoms with Crippen molar-refractivity contribution in [2.45, 2.75) is 37.6 Å². The first kappa shape index (κ1) is 16.0. The molecule has 0 unspecified atom stereocenters. The van der Waals surface area contributed by atoms with Gasteiger partial charge in [0, 0.05) is 19.1 Å². The van der Waals surface area contributed by atoms with Crippen LogP contribution in [0.25, 0.3) is 0 Å². The molecular weight excluding hydrogens is 286 g/mol. The number of aryl methyl sites for hydroxylation is 1. The predicted molar refractivity (Wildman–Crippen MR) is 81.0 cm³/mol. The smallest absolute Gasteiger partial charge is 0.244 e. The number of nitrogens with two attached hydrogens (primary N) is 1. The first-order chi connectivity index (χ1) is 9.87. The van der Waals surface area contributed by atoms with Crippen molar-refractivity contribution in [2.75, 3.05) is 13.1 Å². The van der Waals surface area contributed by atoms with Gasteiger partial charge in [0.15, 0.2) is 0 Å². The lowest BCUT2D eigenvalue weighted by Gasteiger charge is -2.34. The molecule has 0 radical (unpaired) electrons. The van der Waals surface area contributed by atoms with Crippen molar-refractivity contribution in [1.82, 2.24) is 4.31 Å². The maximum absolute atomic E-state index is 12.8. The van der Waals surface area contributed by atoms with E-state index in [2.05, 4.69) is 0 Å². The number of sulfonamides is 1. The molecule has 114 valence electrons. The molecule has 5 nitrogen and oxygen atoms in total. The summed E-state index contributed by atoms with van der Waals surface area (Å²) >= 11 is 0. The van der Waals surface area contributed by atoms with Gasteiger partial charge >= 0.3 is 0 Å². The summed E-state index contributed by atoms with van der Waals surface area (Å²) in [6.45, 7) is 4.58. The average Bonchev–Trinajstić information content (AvgIpc) is 2.47. The minimum absolute atomic E-state index is 0.0315. The summed E-state index contributed by atoms with van der Waals surface area (Å²) in [5.41, 5.74) is 6.83. The highest BCUT2D eigenvalue weighted by Gasteiger charge is 2.33. The van der Waals surface area contributed by atoms with Crippen LogP contribution in [0.5, 0.6) is 0 Å². The molecule has 1 aromatic rings. The van der Waals surface area contributed by atoms with E-state index in [4.69, 9.17) is 5.73 Å². The van der Waals surface area contributed by atoms with E-state index in [1.54, 1.807) is 19.1 Å². The summed E-state index contributed by atoms with van der Waals surface area (Å²) in [6, 6.07) is 6.92. The van der Waals surface area contributed by atoms with Gasteiger partial charge in [-0.1, -0.05) is 12.1 Å². The minimum Gasteiger partial charge on any atom is -0.328 e. The van der Waals surface area contributed by atoms with Crippen LogP contribution in [0.15, 0.2) is 23.1 Å². The molecule has 0 amide bonds. The number of piperidine rings is 1. The van der Waals surface area contributed by atoms with Gasteiger partial charge in [-0.25, -0.2) is 8.42 Å². The minimum atomic E-state index is -3.64. The Morgan fingerprint density at radius 3 is 2.81 bits per heavy atom. The van der Waals surface area contributed by atoms with Crippen LogP contribution < -0.4 is 5.73 Å². The summed E-state index contributed by atoms with van der Waals surface area (Å²) in [4.78, 5) is 0.107. The summed E-state index contributed by atoms with van der Waals surface area (Å²) in [6.07, 6.45) is 1.75. The van der Waals surface area contributed by atoms with Crippen molar-refractivity contribution in [1.29, 1.82) is 5.26 Å². The summed E-state index contributed by atoms with van der Waals surface area (Å²) in [7, 11) is -3.64. The highest BCUT2D eigenvalue weighted by Crippen LogP contribution is 2.27. The Labute approximate surface area is 126 Å². The fourth-order valence-corrected chi connectivity index (χ4v) is 4.51. The zero-order valence-corrected chi connectivity index (χ0v) is 13.2. The molecule has 1 saturated heterocycles. The monoisotopic (exact) mass is 307 g/mol. The van der Waals surface area contributed by atoms with E-state index in [0.29, 0.717) is 18.7 Å². The van der Waals surface area contributed by atoms with E-state index in [9.17, 15) is 13.7 Å². The zero-order chi connectivity index (χ0) is 15.6. The highest BCUT2D eigenvalue weighted by atomic mass is 32.2. The molecular formula is C15H21N3O2S. The van der Waals surface area contributed by atoms with Crippen molar-refractivity contribution in [3.8, 4) is 6.07 Å². The topological polar surface area (TPSA) is 87.2 Å². The highest BCUT2D eigenvalue weighted by molar-refractivity contribution is 7.89. The third-order valence-corrected chi connectivity index (χ3v) is 6.04. The lowest BCUT2D eigenvalue weighted by Crippen LogP contribution is -2.45. The third-order valence-electron chi connectivity index (χ3n) is 4.13. The number of nitriles is 1. The van der Waals surface area contributed by atoms with Crippen molar-refractivity contribution in [2.24, 2.45) is 11.7 Å². The van der Waals surface area contributed by atoms with Gasteiger partial charge in [0.05, 0.1) is 5.56 Å². The lowest BCUT2D eigenvalue weighted by atomic mass is 9.93. The summed E-state index contributed by atoms with van der Waals surface area (Å²) in [5.74, 6) is 0.170. The summed E-state index contributed by atoms with van der Waals surface area (Å²) in [5, 5.41) is 9.25. The molecule has 6 heteroatoms. The second-order valence-electron chi connectivity index (χ2n) is 5.68. The largest absolute Gasteiger partial charge is 0.328 e. The first-order valence-corrected chi connectivity index (χ1v) is 8.57. The van der Waals surface area contributed by atoms with E-state index < -0.39 is 10.0 Å². The van der Waals surface area contributed by atoms with Gasteiger partial charge in [-0.05, 0) is 44.2 Å². The van der Waals surface area contributed by atoms with Gasteiger partial charge in [0.2, 0.25) is 10.0 Å². The Morgan fingerprint density at radius 1 is 1.48 bits per heavy atom. The van der Waals surface area contributed by atoms with Gasteiger partial charge in [-0.15, -0.1) is 0 Å². The van der Waals surface area contributed by atoms with E-state index in [1.165, 1.54) is 10.4 Å². The number of nitrogens with zero attached hydrogens (tertiary/aromatic N) is 2. The molecule has 1 aliphatic heterocycles. The Kier molecular flexibility index (Phi) is 4.67. The van der Waals surface area contributed by atoms with Crippen molar-refractivity contribution < 1.29 is 8.42 Å². The molecule has 2 atom stereocenters. The standard InChI is InChI=1S/C15H21N3O2S/c1-11-5-3-7-15(14(11)9-16)21(19,20)18-8-4-6-13(10-18)12(2)17/h3,5,7,12-13H,4,6,8,10,17H2,1-2H3/t12-,13-/m0/s1. The molecule has 1 aromatic carbocycles. The SMILES string of the molecule is Cc1cccc(S(=O)(=O)N2CCC[C@H]([C@H](C)N)C2)c1C#N. The Morgan fingerprint density at radius 2 is 2.19 bits per heavy atom. The van der Waals surface area contributed by atoms with Gasteiger partial charge in [-0.2, -0.15) is 9.57 Å². The molecule has 1 heterocycles. The lowest BCUT2D eigenvalue weighted by molar-refractivity contribution is 0.243. The van der Waals surface area contributed by atoms with E-state index in [1.807, 2.05) is 13.0 Å². The molecule has 0 aliphatic carbocycles. The van der Waals surface area contributed by atoms with E-state index >= 15 is 0 Å². The fourth-order valence-electron chi connectivity index (χ4n) is 2.76. The maximum Gasteiger partial charge on any atom is 0.244 e. The van der Waals surface area contributed by atoms with Crippen LogP contribution in [-0.4, -0.2) is 31.9 Å². The molecule has 2 rings (SSSR count). The normalized spacial score (nSPS) is 21.7. The molecule has 0 bridgehead atoms. The van der Waals surface area contributed by atoms with Crippen LogP contribution in [0.2, 0.25) is 0 Å². The fraction of sp³-hybridized carbons (Fsp3) is 0.533. The van der Waals surface area contributed by atoms with Gasteiger partial charge < -0.3 is 5.73 Å². The van der Waals surface area contributed by atoms with Crippen LogP contribution >= 0.6 is 0 Å². The maximum atomic E-state index is 12.8. The van der Waals surface area contributed by atoms with Crippen LogP contribution in [0, 0.1) is 24.2 Å². The number of hydrogen-bond donors (Lipinski definition) is 1. The Bertz CT molecular complexity index is 662. The number of rotatable bonds is 3. The third kappa shape index (κ3) is 3.10. The molecule has 2 N–H and O–H groups in total. The van der Waals surface area contributed by atoms with Crippen molar-refractivity contribution in [3.63, 3.8) is 0 Å². The van der Waals surface area contributed by atoms with Crippen molar-refractivity contribution in [3.05, 3.63) is 29.3 Å². The molecule has 21 heavy (non-hydrogen) atoms. The number of hydrogen-bond acceptors (Lipinski definition) is 4. The number of benzene rings is 1. The average molecular weight is 307 g/mol. The molecule has 0 spiro atoms. The van der Waals surface area contributed by atoms with Crippen LogP contribution in [0.3, 0.4) is 0 Å². The quantitative estimate of drug-likeness (QED) is 0.919. The Hall–Kier alpha value is -1.42. The molecule has 1 fully saturated rings. The second kappa shape index (κ2) is 6.14.